The number of carbonyl (C=O) groups is 1. The molecule has 0 aliphatic heterocycles. The lowest BCUT2D eigenvalue weighted by atomic mass is 10.2. The Morgan fingerprint density at radius 1 is 0.864 bits per heavy atom. The molecule has 0 aromatic rings. The summed E-state index contributed by atoms with van der Waals surface area (Å²) < 4.78 is 20.6. The zero-order chi connectivity index (χ0) is 16.7. The molecule has 0 aliphatic rings. The summed E-state index contributed by atoms with van der Waals surface area (Å²) in [6.45, 7) is 8.52. The number of carbonyl (C=O) groups excluding carboxylic acids is 1. The van der Waals surface area contributed by atoms with Gasteiger partial charge in [-0.1, -0.05) is 0 Å². The van der Waals surface area contributed by atoms with E-state index in [4.69, 9.17) is 29.7 Å². The van der Waals surface area contributed by atoms with Gasteiger partial charge in [-0.25, -0.2) is 10.7 Å². The number of hydrogen-bond acceptors (Lipinski definition) is 8. The molecular formula is C13H28N2O7. The second-order valence-corrected chi connectivity index (χ2v) is 5.16. The minimum Gasteiger partial charge on any atom is -0.442 e. The molecule has 0 aromatic carbocycles. The first-order valence-corrected chi connectivity index (χ1v) is 7.11. The number of nitrogens with one attached hydrogen (secondary N) is 1. The number of ether oxygens (including phenoxy) is 4. The Balaban J connectivity index is 3.16. The Hall–Kier alpha value is -0.970. The summed E-state index contributed by atoms with van der Waals surface area (Å²) >= 11 is 0. The van der Waals surface area contributed by atoms with Gasteiger partial charge < -0.3 is 23.8 Å². The molecule has 0 unspecified atom stereocenters. The topological polar surface area (TPSA) is 111 Å². The number of hydrogen-bond donors (Lipinski definition) is 2. The fraction of sp³-hybridized carbons (Fsp3) is 0.923. The Morgan fingerprint density at radius 3 is 1.77 bits per heavy atom. The van der Waals surface area contributed by atoms with Gasteiger partial charge in [-0.05, 0) is 20.8 Å². The molecule has 0 radical (unpaired) electrons. The predicted molar refractivity (Wildman–Crippen MR) is 77.9 cm³/mol. The standard InChI is InChI=1S/C13H28N2O7/c1-13(2,3)22-12(16)15-21-11-9-19-7-5-17-4-6-18-8-10-20-14/h4-11,14H2,1-3H3,(H,15,16). The molecule has 0 atom stereocenters. The second kappa shape index (κ2) is 13.7. The van der Waals surface area contributed by atoms with Gasteiger partial charge in [0.25, 0.3) is 0 Å². The van der Waals surface area contributed by atoms with Gasteiger partial charge in [0, 0.05) is 0 Å². The third-order valence-corrected chi connectivity index (χ3v) is 1.97. The summed E-state index contributed by atoms with van der Waals surface area (Å²) in [6.07, 6.45) is -0.629. The largest absolute Gasteiger partial charge is 0.442 e. The van der Waals surface area contributed by atoms with Crippen LogP contribution in [-0.2, 0) is 28.6 Å². The third kappa shape index (κ3) is 17.1. The minimum atomic E-state index is -0.629. The van der Waals surface area contributed by atoms with E-state index >= 15 is 0 Å². The van der Waals surface area contributed by atoms with Crippen molar-refractivity contribution < 1.29 is 33.4 Å². The lowest BCUT2D eigenvalue weighted by Crippen LogP contribution is -2.33. The van der Waals surface area contributed by atoms with Crippen LogP contribution in [0.4, 0.5) is 4.79 Å². The number of amides is 1. The third-order valence-electron chi connectivity index (χ3n) is 1.97. The van der Waals surface area contributed by atoms with E-state index in [0.717, 1.165) is 0 Å². The fourth-order valence-electron chi connectivity index (χ4n) is 1.16. The Kier molecular flexibility index (Phi) is 13.1. The molecule has 132 valence electrons. The average molecular weight is 324 g/mol. The smallest absolute Gasteiger partial charge is 0.431 e. The van der Waals surface area contributed by atoms with E-state index in [1.807, 2.05) is 0 Å². The maximum absolute atomic E-state index is 11.2. The molecule has 0 bridgehead atoms. The zero-order valence-corrected chi connectivity index (χ0v) is 13.6. The van der Waals surface area contributed by atoms with Gasteiger partial charge in [0.1, 0.15) is 5.60 Å². The van der Waals surface area contributed by atoms with Crippen molar-refractivity contribution in [2.45, 2.75) is 26.4 Å². The van der Waals surface area contributed by atoms with Crippen LogP contribution < -0.4 is 11.4 Å². The van der Waals surface area contributed by atoms with Crippen LogP contribution in [0.3, 0.4) is 0 Å². The normalized spacial score (nSPS) is 11.5. The highest BCUT2D eigenvalue weighted by Gasteiger charge is 2.15. The molecular weight excluding hydrogens is 296 g/mol. The number of rotatable bonds is 13. The first-order chi connectivity index (χ1) is 10.5. The molecule has 0 heterocycles. The summed E-state index contributed by atoms with van der Waals surface area (Å²) in [6, 6.07) is 0. The Labute approximate surface area is 131 Å². The van der Waals surface area contributed by atoms with Gasteiger partial charge in [0.05, 0.1) is 52.9 Å². The SMILES string of the molecule is CC(C)(C)OC(=O)NOCCOCCOCCOCCON. The highest BCUT2D eigenvalue weighted by Crippen LogP contribution is 2.06. The molecule has 9 heteroatoms. The predicted octanol–water partition coefficient (Wildman–Crippen LogP) is 0.383. The van der Waals surface area contributed by atoms with E-state index in [1.165, 1.54) is 0 Å². The molecule has 0 fully saturated rings. The molecule has 0 rings (SSSR count). The lowest BCUT2D eigenvalue weighted by molar-refractivity contribution is -0.0367. The van der Waals surface area contributed by atoms with Gasteiger partial charge in [-0.2, -0.15) is 5.48 Å². The molecule has 0 aliphatic carbocycles. The summed E-state index contributed by atoms with van der Waals surface area (Å²) in [5, 5.41) is 0. The van der Waals surface area contributed by atoms with Gasteiger partial charge in [0.2, 0.25) is 0 Å². The quantitative estimate of drug-likeness (QED) is 0.369. The monoisotopic (exact) mass is 324 g/mol. The van der Waals surface area contributed by atoms with Crippen LogP contribution in [0, 0.1) is 0 Å². The molecule has 1 amide bonds. The van der Waals surface area contributed by atoms with Crippen LogP contribution in [0.15, 0.2) is 0 Å². The van der Waals surface area contributed by atoms with Crippen molar-refractivity contribution in [2.75, 3.05) is 52.9 Å². The lowest BCUT2D eigenvalue weighted by Gasteiger charge is -2.19. The van der Waals surface area contributed by atoms with Crippen LogP contribution in [0.2, 0.25) is 0 Å². The minimum absolute atomic E-state index is 0.224. The second-order valence-electron chi connectivity index (χ2n) is 5.16. The molecule has 0 spiro atoms. The first-order valence-electron chi connectivity index (χ1n) is 7.11. The molecule has 22 heavy (non-hydrogen) atoms. The molecule has 0 saturated heterocycles. The van der Waals surface area contributed by atoms with Crippen molar-refractivity contribution in [1.82, 2.24) is 5.48 Å². The highest BCUT2D eigenvalue weighted by molar-refractivity contribution is 5.66. The van der Waals surface area contributed by atoms with E-state index in [0.29, 0.717) is 46.2 Å². The molecule has 3 N–H and O–H groups in total. The van der Waals surface area contributed by atoms with Gasteiger partial charge >= 0.3 is 6.09 Å². The fourth-order valence-corrected chi connectivity index (χ4v) is 1.16. The van der Waals surface area contributed by atoms with E-state index in [1.54, 1.807) is 20.8 Å². The number of nitrogens with two attached hydrogens (primary N) is 1. The molecule has 9 nitrogen and oxygen atoms in total. The van der Waals surface area contributed by atoms with E-state index in [-0.39, 0.29) is 6.61 Å². The highest BCUT2D eigenvalue weighted by atomic mass is 16.7. The average Bonchev–Trinajstić information content (AvgIpc) is 2.42. The van der Waals surface area contributed by atoms with Crippen molar-refractivity contribution in [3.63, 3.8) is 0 Å². The van der Waals surface area contributed by atoms with Gasteiger partial charge in [0.15, 0.2) is 0 Å². The molecule has 0 aromatic heterocycles. The Bertz CT molecular complexity index is 272. The summed E-state index contributed by atoms with van der Waals surface area (Å²) in [5.41, 5.74) is 1.61. The van der Waals surface area contributed by atoms with Gasteiger partial charge in [-0.3, -0.25) is 4.84 Å². The maximum atomic E-state index is 11.2. The Morgan fingerprint density at radius 2 is 1.32 bits per heavy atom. The van der Waals surface area contributed by atoms with Crippen molar-refractivity contribution in [1.29, 1.82) is 0 Å². The van der Waals surface area contributed by atoms with E-state index in [9.17, 15) is 4.79 Å². The maximum Gasteiger partial charge on any atom is 0.431 e. The van der Waals surface area contributed by atoms with Crippen molar-refractivity contribution in [3.8, 4) is 0 Å². The van der Waals surface area contributed by atoms with E-state index in [2.05, 4.69) is 10.3 Å². The summed E-state index contributed by atoms with van der Waals surface area (Å²) in [4.78, 5) is 20.4. The van der Waals surface area contributed by atoms with Crippen molar-refractivity contribution in [3.05, 3.63) is 0 Å². The van der Waals surface area contributed by atoms with Crippen molar-refractivity contribution >= 4 is 6.09 Å². The number of hydroxylamine groups is 1. The summed E-state index contributed by atoms with van der Waals surface area (Å²) in [7, 11) is 0. The van der Waals surface area contributed by atoms with Crippen LogP contribution >= 0.6 is 0 Å². The molecule has 0 saturated carbocycles. The van der Waals surface area contributed by atoms with Crippen molar-refractivity contribution in [2.24, 2.45) is 5.90 Å². The van der Waals surface area contributed by atoms with Crippen LogP contribution in [0.5, 0.6) is 0 Å². The van der Waals surface area contributed by atoms with E-state index < -0.39 is 11.7 Å². The first kappa shape index (κ1) is 21.0. The van der Waals surface area contributed by atoms with Crippen LogP contribution in [-0.4, -0.2) is 64.5 Å². The summed E-state index contributed by atoms with van der Waals surface area (Å²) in [5.74, 6) is 4.83. The zero-order valence-electron chi connectivity index (χ0n) is 13.6. The van der Waals surface area contributed by atoms with Crippen LogP contribution in [0.25, 0.3) is 0 Å². The van der Waals surface area contributed by atoms with Gasteiger partial charge in [-0.15, -0.1) is 0 Å². The van der Waals surface area contributed by atoms with Crippen LogP contribution in [0.1, 0.15) is 20.8 Å².